The molecule has 0 aromatic carbocycles. The van der Waals surface area contributed by atoms with Gasteiger partial charge in [-0.05, 0) is 105 Å². The molecule has 0 bridgehead atoms. The number of carbonyl (C=O) groups is 1. The molecular weight excluding hydrogens is 484 g/mol. The standard InChI is InChI=1S/C33H52N4O2/c1-22(6-11-31(39)37-18-16-36(17-19-37)30-21-35(5)34-23(30)2)27-9-10-28-26-8-7-24-20-25(38)12-14-32(24,3)29(26)13-15-33(27,28)4/h7,21-22,25-29,38H,6,8-20H2,1-5H3/t22?,25-,26-,27+,28-,29-,32-,33+/m0/s1. The fourth-order valence-electron chi connectivity index (χ4n) is 10.4. The van der Waals surface area contributed by atoms with E-state index in [2.05, 4.69) is 54.9 Å². The number of aromatic nitrogens is 2. The van der Waals surface area contributed by atoms with Crippen LogP contribution in [0.25, 0.3) is 0 Å². The molecule has 0 spiro atoms. The summed E-state index contributed by atoms with van der Waals surface area (Å²) < 4.78 is 1.88. The van der Waals surface area contributed by atoms with Gasteiger partial charge in [0, 0.05) is 45.8 Å². The molecule has 0 radical (unpaired) electrons. The Balaban J connectivity index is 1.04. The van der Waals surface area contributed by atoms with Crippen molar-refractivity contribution in [1.82, 2.24) is 14.7 Å². The molecule has 6 heteroatoms. The number of piperazine rings is 1. The number of fused-ring (bicyclic) bond motifs is 5. The number of hydrogen-bond acceptors (Lipinski definition) is 4. The van der Waals surface area contributed by atoms with Crippen LogP contribution >= 0.6 is 0 Å². The van der Waals surface area contributed by atoms with Crippen LogP contribution in [0.15, 0.2) is 17.8 Å². The fraction of sp³-hybridized carbons (Fsp3) is 0.818. The largest absolute Gasteiger partial charge is 0.393 e. The lowest BCUT2D eigenvalue weighted by Gasteiger charge is -2.58. The van der Waals surface area contributed by atoms with E-state index in [0.29, 0.717) is 29.1 Å². The molecule has 1 aromatic heterocycles. The third-order valence-corrected chi connectivity index (χ3v) is 12.6. The van der Waals surface area contributed by atoms with Gasteiger partial charge in [-0.3, -0.25) is 9.48 Å². The van der Waals surface area contributed by atoms with Crippen molar-refractivity contribution in [3.8, 4) is 0 Å². The summed E-state index contributed by atoms with van der Waals surface area (Å²) in [5.74, 6) is 4.14. The predicted octanol–water partition coefficient (Wildman–Crippen LogP) is 5.73. The Bertz CT molecular complexity index is 1100. The number of anilines is 1. The van der Waals surface area contributed by atoms with Crippen LogP contribution in [0.1, 0.15) is 90.7 Å². The molecule has 6 rings (SSSR count). The Morgan fingerprint density at radius 2 is 1.87 bits per heavy atom. The highest BCUT2D eigenvalue weighted by molar-refractivity contribution is 5.76. The molecule has 1 N–H and O–H groups in total. The minimum absolute atomic E-state index is 0.122. The molecule has 1 unspecified atom stereocenters. The normalized spacial score (nSPS) is 39.0. The first-order valence-corrected chi connectivity index (χ1v) is 16.0. The molecule has 6 nitrogen and oxygen atoms in total. The van der Waals surface area contributed by atoms with E-state index in [1.54, 1.807) is 5.57 Å². The first-order chi connectivity index (χ1) is 18.6. The Morgan fingerprint density at radius 1 is 1.10 bits per heavy atom. The summed E-state index contributed by atoms with van der Waals surface area (Å²) in [6.07, 6.45) is 16.0. The zero-order valence-electron chi connectivity index (χ0n) is 25.2. The predicted molar refractivity (Wildman–Crippen MR) is 156 cm³/mol. The molecule has 39 heavy (non-hydrogen) atoms. The molecule has 1 saturated heterocycles. The average molecular weight is 537 g/mol. The van der Waals surface area contributed by atoms with Gasteiger partial charge in [-0.15, -0.1) is 0 Å². The van der Waals surface area contributed by atoms with E-state index in [1.165, 1.54) is 44.2 Å². The van der Waals surface area contributed by atoms with Crippen molar-refractivity contribution in [1.29, 1.82) is 0 Å². The molecule has 1 aliphatic heterocycles. The molecule has 4 fully saturated rings. The summed E-state index contributed by atoms with van der Waals surface area (Å²) in [4.78, 5) is 17.7. The Hall–Kier alpha value is -1.82. The third kappa shape index (κ3) is 4.67. The number of amides is 1. The van der Waals surface area contributed by atoms with Crippen LogP contribution < -0.4 is 4.90 Å². The smallest absolute Gasteiger partial charge is 0.222 e. The number of allylic oxidation sites excluding steroid dienone is 1. The Morgan fingerprint density at radius 3 is 2.59 bits per heavy atom. The quantitative estimate of drug-likeness (QED) is 0.488. The highest BCUT2D eigenvalue weighted by atomic mass is 16.3. The Labute approximate surface area is 236 Å². The molecule has 5 aliphatic rings. The summed E-state index contributed by atoms with van der Waals surface area (Å²) in [5, 5.41) is 14.8. The maximum atomic E-state index is 13.2. The number of nitrogens with zero attached hydrogens (tertiary/aromatic N) is 4. The first-order valence-electron chi connectivity index (χ1n) is 16.0. The van der Waals surface area contributed by atoms with Gasteiger partial charge in [-0.1, -0.05) is 32.4 Å². The number of hydrogen-bond donors (Lipinski definition) is 1. The minimum atomic E-state index is -0.122. The van der Waals surface area contributed by atoms with Gasteiger partial charge < -0.3 is 14.9 Å². The molecule has 8 atom stereocenters. The van der Waals surface area contributed by atoms with E-state index in [-0.39, 0.29) is 6.10 Å². The van der Waals surface area contributed by atoms with Crippen LogP contribution in [0.2, 0.25) is 0 Å². The molecule has 2 heterocycles. The summed E-state index contributed by atoms with van der Waals surface area (Å²) in [6.45, 7) is 13.1. The highest BCUT2D eigenvalue weighted by Crippen LogP contribution is 2.67. The number of carbonyl (C=O) groups excluding carboxylic acids is 1. The molecule has 1 aromatic rings. The van der Waals surface area contributed by atoms with Crippen molar-refractivity contribution in [2.24, 2.45) is 47.5 Å². The number of aryl methyl sites for hydroxylation is 2. The van der Waals surface area contributed by atoms with Gasteiger partial charge in [0.15, 0.2) is 0 Å². The van der Waals surface area contributed by atoms with Crippen molar-refractivity contribution in [2.75, 3.05) is 31.1 Å². The number of rotatable bonds is 5. The molecule has 3 saturated carbocycles. The second kappa shape index (κ2) is 10.2. The van der Waals surface area contributed by atoms with Crippen LogP contribution in [-0.4, -0.2) is 58.0 Å². The zero-order valence-corrected chi connectivity index (χ0v) is 25.2. The average Bonchev–Trinajstić information content (AvgIpc) is 3.45. The topological polar surface area (TPSA) is 61.6 Å². The van der Waals surface area contributed by atoms with Gasteiger partial charge in [0.05, 0.1) is 17.5 Å². The van der Waals surface area contributed by atoms with Gasteiger partial charge in [-0.25, -0.2) is 0 Å². The second-order valence-electron chi connectivity index (χ2n) is 14.5. The van der Waals surface area contributed by atoms with Crippen molar-refractivity contribution < 1.29 is 9.90 Å². The van der Waals surface area contributed by atoms with Gasteiger partial charge in [0.1, 0.15) is 0 Å². The minimum Gasteiger partial charge on any atom is -0.393 e. The monoisotopic (exact) mass is 536 g/mol. The Kier molecular flexibility index (Phi) is 7.17. The lowest BCUT2D eigenvalue weighted by atomic mass is 9.47. The second-order valence-corrected chi connectivity index (χ2v) is 14.5. The number of aliphatic hydroxyl groups is 1. The van der Waals surface area contributed by atoms with Gasteiger partial charge >= 0.3 is 0 Å². The van der Waals surface area contributed by atoms with Crippen LogP contribution in [-0.2, 0) is 11.8 Å². The molecule has 1 amide bonds. The van der Waals surface area contributed by atoms with Crippen molar-refractivity contribution in [3.05, 3.63) is 23.5 Å². The summed E-state index contributed by atoms with van der Waals surface area (Å²) in [5.41, 5.74) is 4.59. The van der Waals surface area contributed by atoms with Crippen molar-refractivity contribution in [2.45, 2.75) is 98.0 Å². The van der Waals surface area contributed by atoms with E-state index >= 15 is 0 Å². The summed E-state index contributed by atoms with van der Waals surface area (Å²) in [7, 11) is 1.97. The molecule has 216 valence electrons. The maximum Gasteiger partial charge on any atom is 0.222 e. The number of aliphatic hydroxyl groups excluding tert-OH is 1. The first kappa shape index (κ1) is 27.4. The summed E-state index contributed by atoms with van der Waals surface area (Å²) in [6, 6.07) is 0. The van der Waals surface area contributed by atoms with Gasteiger partial charge in [0.25, 0.3) is 0 Å². The lowest BCUT2D eigenvalue weighted by Crippen LogP contribution is -2.51. The van der Waals surface area contributed by atoms with Crippen LogP contribution in [0.5, 0.6) is 0 Å². The van der Waals surface area contributed by atoms with E-state index in [4.69, 9.17) is 0 Å². The molecule has 4 aliphatic carbocycles. The van der Waals surface area contributed by atoms with Crippen LogP contribution in [0.4, 0.5) is 5.69 Å². The van der Waals surface area contributed by atoms with Gasteiger partial charge in [-0.2, -0.15) is 5.10 Å². The van der Waals surface area contributed by atoms with Crippen LogP contribution in [0, 0.1) is 47.3 Å². The molecular formula is C33H52N4O2. The van der Waals surface area contributed by atoms with Crippen molar-refractivity contribution >= 4 is 11.6 Å². The highest BCUT2D eigenvalue weighted by Gasteiger charge is 2.59. The SMILES string of the molecule is Cc1nn(C)cc1N1CCN(C(=O)CCC(C)[C@H]2CC[C@H]3[C@@H]4CC=C5C[C@@H](O)CC[C@]5(C)[C@H]4CC[C@]23C)CC1. The van der Waals surface area contributed by atoms with Gasteiger partial charge in [0.2, 0.25) is 5.91 Å². The van der Waals surface area contributed by atoms with E-state index in [1.807, 2.05) is 11.7 Å². The van der Waals surface area contributed by atoms with E-state index in [0.717, 1.165) is 74.8 Å². The third-order valence-electron chi connectivity index (χ3n) is 12.6. The summed E-state index contributed by atoms with van der Waals surface area (Å²) >= 11 is 0. The van der Waals surface area contributed by atoms with E-state index in [9.17, 15) is 9.90 Å². The van der Waals surface area contributed by atoms with E-state index < -0.39 is 0 Å². The van der Waals surface area contributed by atoms with Crippen molar-refractivity contribution in [3.63, 3.8) is 0 Å². The van der Waals surface area contributed by atoms with Crippen LogP contribution in [0.3, 0.4) is 0 Å². The zero-order chi connectivity index (χ0) is 27.5. The fourth-order valence-corrected chi connectivity index (χ4v) is 10.4. The lowest BCUT2D eigenvalue weighted by molar-refractivity contribution is -0.132. The maximum absolute atomic E-state index is 13.2.